The van der Waals surface area contributed by atoms with Gasteiger partial charge in [-0.15, -0.1) is 0 Å². The molecule has 0 aromatic rings. The summed E-state index contributed by atoms with van der Waals surface area (Å²) in [5.74, 6) is 8.79. The predicted octanol–water partition coefficient (Wildman–Crippen LogP) is 0.800. The van der Waals surface area contributed by atoms with Crippen LogP contribution in [-0.4, -0.2) is 31.7 Å². The first kappa shape index (κ1) is 15.4. The quantitative estimate of drug-likeness (QED) is 0.236. The largest absolute Gasteiger partial charge is 0.452 e. The molecule has 7 heteroatoms. The zero-order chi connectivity index (χ0) is 13.6. The Hall–Kier alpha value is -2.63. The number of esters is 2. The minimum Gasteiger partial charge on any atom is -0.452 e. The van der Waals surface area contributed by atoms with Crippen molar-refractivity contribution in [2.24, 2.45) is 5.11 Å². The Kier molecular flexibility index (Phi) is 9.28. The smallest absolute Gasteiger partial charge is 0.312 e. The molecular weight excluding hydrogens is 238 g/mol. The van der Waals surface area contributed by atoms with Gasteiger partial charge in [-0.05, 0) is 29.2 Å². The zero-order valence-corrected chi connectivity index (χ0v) is 9.80. The molecule has 0 N–H and O–H groups in total. The molecule has 18 heavy (non-hydrogen) atoms. The van der Waals surface area contributed by atoms with Crippen molar-refractivity contribution < 1.29 is 19.1 Å². The van der Waals surface area contributed by atoms with Crippen molar-refractivity contribution in [3.05, 3.63) is 10.4 Å². The molecule has 0 bridgehead atoms. The van der Waals surface area contributed by atoms with E-state index in [1.165, 1.54) is 0 Å². The molecule has 0 aromatic carbocycles. The van der Waals surface area contributed by atoms with Crippen LogP contribution in [0.4, 0.5) is 0 Å². The van der Waals surface area contributed by atoms with Gasteiger partial charge in [0.05, 0.1) is 0 Å². The van der Waals surface area contributed by atoms with Crippen LogP contribution < -0.4 is 0 Å². The normalized spacial score (nSPS) is 7.61. The maximum atomic E-state index is 10.8. The molecule has 7 nitrogen and oxygen atoms in total. The Bertz CT molecular complexity index is 458. The van der Waals surface area contributed by atoms with E-state index in [1.54, 1.807) is 6.92 Å². The molecule has 0 aliphatic carbocycles. The van der Waals surface area contributed by atoms with Crippen LogP contribution in [0.25, 0.3) is 10.4 Å². The molecule has 0 saturated carbocycles. The fraction of sp³-hybridized carbons (Fsp3) is 0.455. The molecule has 0 unspecified atom stereocenters. The molecule has 0 aromatic heterocycles. The Morgan fingerprint density at radius 3 is 2.22 bits per heavy atom. The summed E-state index contributed by atoms with van der Waals surface area (Å²) >= 11 is 0. The number of azide groups is 1. The van der Waals surface area contributed by atoms with Crippen molar-refractivity contribution in [3.63, 3.8) is 0 Å². The van der Waals surface area contributed by atoms with Gasteiger partial charge in [-0.2, -0.15) is 0 Å². The molecule has 0 heterocycles. The monoisotopic (exact) mass is 249 g/mol. The Labute approximate surface area is 104 Å². The molecule has 0 atom stereocenters. The highest BCUT2D eigenvalue weighted by Crippen LogP contribution is 1.82. The lowest BCUT2D eigenvalue weighted by atomic mass is 10.5. The lowest BCUT2D eigenvalue weighted by Crippen LogP contribution is -2.07. The molecule has 0 aliphatic heterocycles. The van der Waals surface area contributed by atoms with Crippen molar-refractivity contribution in [1.29, 1.82) is 0 Å². The number of rotatable bonds is 5. The van der Waals surface area contributed by atoms with Crippen LogP contribution in [0.15, 0.2) is 5.11 Å². The second-order valence-corrected chi connectivity index (χ2v) is 2.67. The highest BCUT2D eigenvalue weighted by Gasteiger charge is 1.96. The van der Waals surface area contributed by atoms with E-state index in [0.717, 1.165) is 0 Å². The van der Waals surface area contributed by atoms with Gasteiger partial charge in [0.25, 0.3) is 0 Å². The highest BCUT2D eigenvalue weighted by molar-refractivity contribution is 5.71. The lowest BCUT2D eigenvalue weighted by molar-refractivity contribution is -0.142. The average molecular weight is 249 g/mol. The SMILES string of the molecule is CCC(=O)OCC#CC#CCOC(=O)CN=[N+]=[N-]. The van der Waals surface area contributed by atoms with Gasteiger partial charge < -0.3 is 9.47 Å². The van der Waals surface area contributed by atoms with Gasteiger partial charge in [0, 0.05) is 11.3 Å². The molecule has 0 spiro atoms. The number of hydrogen-bond donors (Lipinski definition) is 0. The van der Waals surface area contributed by atoms with Crippen molar-refractivity contribution >= 4 is 11.9 Å². The fourth-order valence-corrected chi connectivity index (χ4v) is 0.631. The summed E-state index contributed by atoms with van der Waals surface area (Å²) in [7, 11) is 0. The Morgan fingerprint density at radius 1 is 1.17 bits per heavy atom. The second kappa shape index (κ2) is 10.9. The minimum atomic E-state index is -0.660. The van der Waals surface area contributed by atoms with Crippen LogP contribution in [0.2, 0.25) is 0 Å². The molecule has 94 valence electrons. The molecule has 0 saturated heterocycles. The van der Waals surface area contributed by atoms with E-state index in [9.17, 15) is 9.59 Å². The summed E-state index contributed by atoms with van der Waals surface area (Å²) < 4.78 is 9.24. The zero-order valence-electron chi connectivity index (χ0n) is 9.80. The van der Waals surface area contributed by atoms with E-state index in [1.807, 2.05) is 0 Å². The van der Waals surface area contributed by atoms with Gasteiger partial charge >= 0.3 is 11.9 Å². The lowest BCUT2D eigenvalue weighted by Gasteiger charge is -1.94. The van der Waals surface area contributed by atoms with Crippen molar-refractivity contribution in [2.45, 2.75) is 13.3 Å². The third kappa shape index (κ3) is 9.91. The first-order valence-corrected chi connectivity index (χ1v) is 4.98. The summed E-state index contributed by atoms with van der Waals surface area (Å²) in [6.07, 6.45) is 0.300. The van der Waals surface area contributed by atoms with Gasteiger partial charge in [-0.25, -0.2) is 0 Å². The van der Waals surface area contributed by atoms with Crippen molar-refractivity contribution in [2.75, 3.05) is 19.8 Å². The van der Waals surface area contributed by atoms with Gasteiger partial charge in [-0.1, -0.05) is 12.0 Å². The molecule has 0 aliphatic rings. The van der Waals surface area contributed by atoms with E-state index in [4.69, 9.17) is 5.53 Å². The van der Waals surface area contributed by atoms with Crippen LogP contribution in [0.5, 0.6) is 0 Å². The van der Waals surface area contributed by atoms with Gasteiger partial charge in [-0.3, -0.25) is 9.59 Å². The molecule has 0 radical (unpaired) electrons. The predicted molar refractivity (Wildman–Crippen MR) is 61.8 cm³/mol. The first-order chi connectivity index (χ1) is 8.70. The fourth-order valence-electron chi connectivity index (χ4n) is 0.631. The first-order valence-electron chi connectivity index (χ1n) is 4.98. The van der Waals surface area contributed by atoms with Crippen LogP contribution in [0, 0.1) is 23.7 Å². The topological polar surface area (TPSA) is 101 Å². The molecule has 0 amide bonds. The third-order valence-corrected chi connectivity index (χ3v) is 1.40. The van der Waals surface area contributed by atoms with Crippen LogP contribution in [-0.2, 0) is 19.1 Å². The van der Waals surface area contributed by atoms with Crippen LogP contribution in [0.3, 0.4) is 0 Å². The summed E-state index contributed by atoms with van der Waals surface area (Å²) in [4.78, 5) is 23.9. The van der Waals surface area contributed by atoms with Crippen molar-refractivity contribution in [3.8, 4) is 23.7 Å². The number of carbonyl (C=O) groups is 2. The summed E-state index contributed by atoms with van der Waals surface area (Å²) in [5.41, 5.74) is 7.93. The molecule has 0 fully saturated rings. The highest BCUT2D eigenvalue weighted by atomic mass is 16.5. The van der Waals surface area contributed by atoms with Gasteiger partial charge in [0.15, 0.2) is 13.2 Å². The van der Waals surface area contributed by atoms with E-state index in [-0.39, 0.29) is 25.7 Å². The molecular formula is C11H11N3O4. The molecule has 0 rings (SSSR count). The maximum Gasteiger partial charge on any atom is 0.312 e. The number of ether oxygens (including phenoxy) is 2. The summed E-state index contributed by atoms with van der Waals surface area (Å²) in [5, 5.41) is 3.02. The standard InChI is InChI=1S/C11H11N3O4/c1-2-10(15)17-7-5-3-4-6-8-18-11(16)9-13-14-12/h2,7-9H2,1H3. The number of hydrogen-bond acceptors (Lipinski definition) is 5. The average Bonchev–Trinajstić information content (AvgIpc) is 2.38. The van der Waals surface area contributed by atoms with E-state index in [0.29, 0.717) is 6.42 Å². The van der Waals surface area contributed by atoms with E-state index in [2.05, 4.69) is 43.2 Å². The second-order valence-electron chi connectivity index (χ2n) is 2.67. The number of carbonyl (C=O) groups excluding carboxylic acids is 2. The summed E-state index contributed by atoms with van der Waals surface area (Å²) in [6.45, 7) is 1.17. The van der Waals surface area contributed by atoms with Gasteiger partial charge in [0.2, 0.25) is 0 Å². The Morgan fingerprint density at radius 2 is 1.72 bits per heavy atom. The van der Waals surface area contributed by atoms with Crippen molar-refractivity contribution in [1.82, 2.24) is 0 Å². The maximum absolute atomic E-state index is 10.8. The minimum absolute atomic E-state index is 0.0158. The third-order valence-electron chi connectivity index (χ3n) is 1.40. The van der Waals surface area contributed by atoms with Gasteiger partial charge in [0.1, 0.15) is 6.54 Å². The van der Waals surface area contributed by atoms with Crippen LogP contribution >= 0.6 is 0 Å². The van der Waals surface area contributed by atoms with E-state index < -0.39 is 5.97 Å². The van der Waals surface area contributed by atoms with Crippen LogP contribution in [0.1, 0.15) is 13.3 Å². The van der Waals surface area contributed by atoms with E-state index >= 15 is 0 Å². The Balaban J connectivity index is 3.72. The summed E-state index contributed by atoms with van der Waals surface area (Å²) in [6, 6.07) is 0. The number of nitrogens with zero attached hydrogens (tertiary/aromatic N) is 3.